The lowest BCUT2D eigenvalue weighted by Crippen LogP contribution is -2.20. The van der Waals surface area contributed by atoms with Crippen LogP contribution in [0, 0.1) is 0 Å². The average Bonchev–Trinajstić information content (AvgIpc) is 3.33. The molecular weight excluding hydrogens is 436 g/mol. The summed E-state index contributed by atoms with van der Waals surface area (Å²) >= 11 is 0. The van der Waals surface area contributed by atoms with Gasteiger partial charge in [0.15, 0.2) is 0 Å². The van der Waals surface area contributed by atoms with E-state index in [1.165, 1.54) is 15.7 Å². The molecule has 0 aliphatic carbocycles. The van der Waals surface area contributed by atoms with Crippen molar-refractivity contribution in [2.45, 2.75) is 25.3 Å². The van der Waals surface area contributed by atoms with Gasteiger partial charge in [0.1, 0.15) is 0 Å². The molecule has 0 amide bonds. The van der Waals surface area contributed by atoms with E-state index in [9.17, 15) is 14.7 Å². The summed E-state index contributed by atoms with van der Waals surface area (Å²) in [6, 6.07) is 31.8. The molecule has 0 fully saturated rings. The maximum absolute atomic E-state index is 12.7. The lowest BCUT2D eigenvalue weighted by atomic mass is 9.86. The molecule has 0 saturated heterocycles. The Labute approximate surface area is 203 Å². The molecule has 2 aromatic heterocycles. The minimum atomic E-state index is -0.994. The summed E-state index contributed by atoms with van der Waals surface area (Å²) < 4.78 is 3.02. The monoisotopic (exact) mass is 462 g/mol. The first kappa shape index (κ1) is 22.4. The van der Waals surface area contributed by atoms with Crippen LogP contribution in [0.2, 0.25) is 0 Å². The Kier molecular flexibility index (Phi) is 6.31. The number of fused-ring (bicyclic) bond motifs is 1. The molecule has 174 valence electrons. The van der Waals surface area contributed by atoms with Gasteiger partial charge in [-0.2, -0.15) is 0 Å². The van der Waals surface area contributed by atoms with Gasteiger partial charge in [0.25, 0.3) is 5.56 Å². The standard InChI is InChI=1S/C30H26N2O3/c33-28-17-16-25(29(23-9-3-1-4-10-23)24-11-5-2-6-12-24)21-31(28)19-8-14-22-13-7-15-27-26(22)18-20-32(27)30(34)35/h1-7,9-13,15-18,20-21,29H,8,14,19H2,(H,34,35). The zero-order chi connectivity index (χ0) is 24.2. The third kappa shape index (κ3) is 4.66. The highest BCUT2D eigenvalue weighted by Crippen LogP contribution is 2.31. The van der Waals surface area contributed by atoms with Crippen LogP contribution in [0.3, 0.4) is 0 Å². The predicted molar refractivity (Wildman–Crippen MR) is 138 cm³/mol. The van der Waals surface area contributed by atoms with Gasteiger partial charge < -0.3 is 9.67 Å². The van der Waals surface area contributed by atoms with Crippen LogP contribution in [0.4, 0.5) is 4.79 Å². The molecule has 3 aromatic carbocycles. The lowest BCUT2D eigenvalue weighted by Gasteiger charge is -2.20. The smallest absolute Gasteiger partial charge is 0.415 e. The number of aryl methyl sites for hydroxylation is 2. The van der Waals surface area contributed by atoms with Crippen LogP contribution in [0.1, 0.15) is 34.6 Å². The third-order valence-electron chi connectivity index (χ3n) is 6.48. The first-order valence-electron chi connectivity index (χ1n) is 11.7. The van der Waals surface area contributed by atoms with Crippen molar-refractivity contribution in [1.82, 2.24) is 9.13 Å². The van der Waals surface area contributed by atoms with E-state index >= 15 is 0 Å². The van der Waals surface area contributed by atoms with E-state index < -0.39 is 6.09 Å². The van der Waals surface area contributed by atoms with E-state index in [-0.39, 0.29) is 11.5 Å². The largest absolute Gasteiger partial charge is 0.464 e. The number of carbonyl (C=O) groups is 1. The second-order valence-corrected chi connectivity index (χ2v) is 8.67. The number of benzene rings is 3. The zero-order valence-corrected chi connectivity index (χ0v) is 19.2. The van der Waals surface area contributed by atoms with Crippen LogP contribution in [-0.2, 0) is 13.0 Å². The number of carboxylic acid groups (broad SMARTS) is 1. The number of nitrogens with zero attached hydrogens (tertiary/aromatic N) is 2. The van der Waals surface area contributed by atoms with Gasteiger partial charge in [-0.05, 0) is 47.2 Å². The Morgan fingerprint density at radius 3 is 2.11 bits per heavy atom. The quantitative estimate of drug-likeness (QED) is 0.316. The van der Waals surface area contributed by atoms with Gasteiger partial charge in [0, 0.05) is 36.3 Å². The first-order chi connectivity index (χ1) is 17.1. The van der Waals surface area contributed by atoms with Crippen molar-refractivity contribution in [3.05, 3.63) is 142 Å². The summed E-state index contributed by atoms with van der Waals surface area (Å²) in [7, 11) is 0. The summed E-state index contributed by atoms with van der Waals surface area (Å²) in [5, 5.41) is 10.3. The van der Waals surface area contributed by atoms with E-state index in [0.29, 0.717) is 12.1 Å². The first-order valence-corrected chi connectivity index (χ1v) is 11.7. The second kappa shape index (κ2) is 9.85. The molecule has 0 unspecified atom stereocenters. The maximum atomic E-state index is 12.7. The topological polar surface area (TPSA) is 64.2 Å². The molecule has 5 rings (SSSR count). The molecule has 0 spiro atoms. The summed E-state index contributed by atoms with van der Waals surface area (Å²) in [6.07, 6.45) is 4.08. The molecule has 0 aliphatic heterocycles. The predicted octanol–water partition coefficient (Wildman–Crippen LogP) is 6.14. The highest BCUT2D eigenvalue weighted by Gasteiger charge is 2.17. The Hall–Kier alpha value is -4.38. The van der Waals surface area contributed by atoms with E-state index in [4.69, 9.17) is 0 Å². The van der Waals surface area contributed by atoms with Gasteiger partial charge in [-0.15, -0.1) is 0 Å². The van der Waals surface area contributed by atoms with Gasteiger partial charge in [-0.25, -0.2) is 4.79 Å². The van der Waals surface area contributed by atoms with Gasteiger partial charge in [0.2, 0.25) is 0 Å². The molecule has 0 saturated carbocycles. The highest BCUT2D eigenvalue weighted by atomic mass is 16.4. The molecule has 1 N–H and O–H groups in total. The van der Waals surface area contributed by atoms with Crippen molar-refractivity contribution in [3.63, 3.8) is 0 Å². The molecule has 0 bridgehead atoms. The van der Waals surface area contributed by atoms with Gasteiger partial charge in [0.05, 0.1) is 5.52 Å². The number of hydrogen-bond donors (Lipinski definition) is 1. The van der Waals surface area contributed by atoms with Crippen molar-refractivity contribution in [3.8, 4) is 0 Å². The maximum Gasteiger partial charge on any atom is 0.415 e. The number of pyridine rings is 1. The molecular formula is C30H26N2O3. The summed E-state index contributed by atoms with van der Waals surface area (Å²) in [5.41, 5.74) is 5.17. The number of aromatic nitrogens is 2. The Morgan fingerprint density at radius 1 is 0.771 bits per heavy atom. The average molecular weight is 463 g/mol. The summed E-state index contributed by atoms with van der Waals surface area (Å²) in [4.78, 5) is 24.1. The molecule has 0 aliphatic rings. The third-order valence-corrected chi connectivity index (χ3v) is 6.48. The number of hydrogen-bond acceptors (Lipinski definition) is 2. The van der Waals surface area contributed by atoms with Crippen LogP contribution in [0.5, 0.6) is 0 Å². The van der Waals surface area contributed by atoms with Gasteiger partial charge in [-0.3, -0.25) is 9.36 Å². The van der Waals surface area contributed by atoms with Crippen molar-refractivity contribution in [1.29, 1.82) is 0 Å². The van der Waals surface area contributed by atoms with E-state index in [1.807, 2.05) is 72.9 Å². The van der Waals surface area contributed by atoms with Crippen LogP contribution in [0.15, 0.2) is 114 Å². The minimum absolute atomic E-state index is 0.0242. The Morgan fingerprint density at radius 2 is 1.46 bits per heavy atom. The molecule has 2 heterocycles. The van der Waals surface area contributed by atoms with Crippen molar-refractivity contribution in [2.24, 2.45) is 0 Å². The fourth-order valence-corrected chi connectivity index (χ4v) is 4.82. The van der Waals surface area contributed by atoms with Gasteiger partial charge in [-0.1, -0.05) is 78.9 Å². The fraction of sp³-hybridized carbons (Fsp3) is 0.133. The SMILES string of the molecule is O=C(O)n1ccc2c(CCCn3cc(C(c4ccccc4)c4ccccc4)ccc3=O)cccc21. The summed E-state index contributed by atoms with van der Waals surface area (Å²) in [6.45, 7) is 0.582. The van der Waals surface area contributed by atoms with Crippen LogP contribution >= 0.6 is 0 Å². The number of rotatable bonds is 7. The lowest BCUT2D eigenvalue weighted by molar-refractivity contribution is 0.197. The Balaban J connectivity index is 1.40. The van der Waals surface area contributed by atoms with E-state index in [0.717, 1.165) is 29.4 Å². The van der Waals surface area contributed by atoms with Gasteiger partial charge >= 0.3 is 6.09 Å². The van der Waals surface area contributed by atoms with Crippen LogP contribution in [0.25, 0.3) is 10.9 Å². The minimum Gasteiger partial charge on any atom is -0.464 e. The fourth-order valence-electron chi connectivity index (χ4n) is 4.82. The van der Waals surface area contributed by atoms with Crippen molar-refractivity contribution in [2.75, 3.05) is 0 Å². The van der Waals surface area contributed by atoms with E-state index in [1.54, 1.807) is 16.8 Å². The summed E-state index contributed by atoms with van der Waals surface area (Å²) in [5.74, 6) is 0.0359. The Bertz CT molecular complexity index is 1480. The molecule has 5 nitrogen and oxygen atoms in total. The second-order valence-electron chi connectivity index (χ2n) is 8.67. The van der Waals surface area contributed by atoms with Crippen LogP contribution in [-0.4, -0.2) is 20.3 Å². The highest BCUT2D eigenvalue weighted by molar-refractivity contribution is 5.90. The molecule has 5 aromatic rings. The van der Waals surface area contributed by atoms with E-state index in [2.05, 4.69) is 24.3 Å². The molecule has 0 radical (unpaired) electrons. The molecule has 35 heavy (non-hydrogen) atoms. The normalized spacial score (nSPS) is 11.2. The van der Waals surface area contributed by atoms with Crippen molar-refractivity contribution >= 4 is 17.0 Å². The zero-order valence-electron chi connectivity index (χ0n) is 19.2. The molecule has 5 heteroatoms. The van der Waals surface area contributed by atoms with Crippen molar-refractivity contribution < 1.29 is 9.90 Å². The van der Waals surface area contributed by atoms with Crippen LogP contribution < -0.4 is 5.56 Å². The molecule has 0 atom stereocenters.